The van der Waals surface area contributed by atoms with Crippen LogP contribution in [-0.4, -0.2) is 33.8 Å². The van der Waals surface area contributed by atoms with E-state index in [2.05, 4.69) is 29.9 Å². The van der Waals surface area contributed by atoms with Crippen LogP contribution in [0.15, 0.2) is 64.1 Å². The molecule has 10 heteroatoms. The van der Waals surface area contributed by atoms with Gasteiger partial charge in [-0.2, -0.15) is 0 Å². The maximum Gasteiger partial charge on any atom is 0.337 e. The van der Waals surface area contributed by atoms with E-state index in [1.807, 2.05) is 0 Å². The van der Waals surface area contributed by atoms with Crippen molar-refractivity contribution >= 4 is 39.3 Å². The number of methoxy groups -OCH3 is 1. The van der Waals surface area contributed by atoms with Crippen LogP contribution in [0.2, 0.25) is 0 Å². The molecule has 2 aromatic carbocycles. The molecular formula is C21H22BrFN2O4P2. The minimum absolute atomic E-state index is 0.185. The molecule has 6 nitrogen and oxygen atoms in total. The van der Waals surface area contributed by atoms with Gasteiger partial charge in [-0.05, 0) is 36.0 Å². The van der Waals surface area contributed by atoms with Crippen LogP contribution in [-0.2, 0) is 23.0 Å². The molecule has 3 rings (SSSR count). The van der Waals surface area contributed by atoms with Gasteiger partial charge < -0.3 is 9.63 Å². The Morgan fingerprint density at radius 3 is 2.23 bits per heavy atom. The number of ether oxygens (including phenoxy) is 1. The van der Waals surface area contributed by atoms with Crippen LogP contribution in [0, 0.1) is 0 Å². The predicted octanol–water partition coefficient (Wildman–Crippen LogP) is 4.27. The zero-order valence-corrected chi connectivity index (χ0v) is 20.6. The van der Waals surface area contributed by atoms with Gasteiger partial charge in [-0.25, -0.2) is 14.0 Å². The first-order valence-electron chi connectivity index (χ1n) is 9.25. The third-order valence-electron chi connectivity index (χ3n) is 4.88. The number of nitrogens with zero attached hydrogens (tertiary/aromatic N) is 2. The highest BCUT2D eigenvalue weighted by atomic mass is 79.9. The van der Waals surface area contributed by atoms with Crippen LogP contribution in [0.25, 0.3) is 0 Å². The summed E-state index contributed by atoms with van der Waals surface area (Å²) in [5.74, 6) is -0.409. The molecule has 0 amide bonds. The van der Waals surface area contributed by atoms with Gasteiger partial charge in [0.15, 0.2) is 5.15 Å². The second-order valence-electron chi connectivity index (χ2n) is 7.04. The highest BCUT2D eigenvalue weighted by molar-refractivity contribution is 9.10. The number of benzene rings is 2. The summed E-state index contributed by atoms with van der Waals surface area (Å²) in [6.07, 6.45) is 3.40. The fourth-order valence-corrected chi connectivity index (χ4v) is 4.94. The number of imidazole rings is 1. The molecule has 3 aromatic rings. The summed E-state index contributed by atoms with van der Waals surface area (Å²) in [7, 11) is 1.55. The van der Waals surface area contributed by atoms with Gasteiger partial charge in [-0.3, -0.25) is 9.13 Å². The third-order valence-corrected chi connectivity index (χ3v) is 8.15. The summed E-state index contributed by atoms with van der Waals surface area (Å²) in [5, 5.41) is -1.91. The molecule has 0 saturated heterocycles. The minimum Gasteiger partial charge on any atom is -0.465 e. The van der Waals surface area contributed by atoms with E-state index in [9.17, 15) is 18.9 Å². The molecule has 1 N–H and O–H groups in total. The first-order chi connectivity index (χ1) is 14.6. The molecule has 0 saturated carbocycles. The number of hydrogen-bond acceptors (Lipinski definition) is 4. The Bertz CT molecular complexity index is 1140. The lowest BCUT2D eigenvalue weighted by Gasteiger charge is -2.25. The highest BCUT2D eigenvalue weighted by Crippen LogP contribution is 2.58. The highest BCUT2D eigenvalue weighted by Gasteiger charge is 2.34. The molecule has 3 atom stereocenters. The van der Waals surface area contributed by atoms with Crippen molar-refractivity contribution in [3.8, 4) is 0 Å². The third kappa shape index (κ3) is 5.32. The SMILES string of the molecule is COC(=O)c1ccc(Cn2ccn(Cc3ccc(C(F)(P)P(C)O)c(Br)c3)c2=O)cc1. The van der Waals surface area contributed by atoms with Crippen LogP contribution in [0.3, 0.4) is 0 Å². The lowest BCUT2D eigenvalue weighted by atomic mass is 10.1. The first-order valence-corrected chi connectivity index (χ1v) is 12.4. The summed E-state index contributed by atoms with van der Waals surface area (Å²) < 4.78 is 23.1. The molecule has 0 fully saturated rings. The number of halogens is 2. The van der Waals surface area contributed by atoms with Gasteiger partial charge in [-0.1, -0.05) is 49.4 Å². The predicted molar refractivity (Wildman–Crippen MR) is 126 cm³/mol. The fraction of sp³-hybridized carbons (Fsp3) is 0.238. The first kappa shape index (κ1) is 23.8. The van der Waals surface area contributed by atoms with Crippen LogP contribution in [0.1, 0.15) is 27.0 Å². The maximum atomic E-state index is 14.8. The van der Waals surface area contributed by atoms with E-state index in [0.717, 1.165) is 11.1 Å². The lowest BCUT2D eigenvalue weighted by Crippen LogP contribution is -2.25. The summed E-state index contributed by atoms with van der Waals surface area (Å²) in [6.45, 7) is 2.14. The summed E-state index contributed by atoms with van der Waals surface area (Å²) in [5.41, 5.74) is 2.30. The number of esters is 1. The number of rotatable bonds is 7. The monoisotopic (exact) mass is 526 g/mol. The van der Waals surface area contributed by atoms with E-state index in [0.29, 0.717) is 28.7 Å². The second kappa shape index (κ2) is 9.74. The van der Waals surface area contributed by atoms with Gasteiger partial charge in [0.2, 0.25) is 0 Å². The largest absolute Gasteiger partial charge is 0.465 e. The number of carbonyl (C=O) groups excluding carboxylic acids is 1. The van der Waals surface area contributed by atoms with Crippen molar-refractivity contribution in [2.24, 2.45) is 0 Å². The average Bonchev–Trinajstić information content (AvgIpc) is 3.07. The Hall–Kier alpha value is -1.85. The molecule has 0 aliphatic carbocycles. The van der Waals surface area contributed by atoms with Crippen LogP contribution >= 0.6 is 33.3 Å². The lowest BCUT2D eigenvalue weighted by molar-refractivity contribution is 0.0600. The number of hydrogen-bond donors (Lipinski definition) is 1. The molecule has 0 bridgehead atoms. The van der Waals surface area contributed by atoms with Crippen molar-refractivity contribution in [1.29, 1.82) is 0 Å². The van der Waals surface area contributed by atoms with Crippen molar-refractivity contribution in [1.82, 2.24) is 9.13 Å². The van der Waals surface area contributed by atoms with Crippen LogP contribution in [0.5, 0.6) is 0 Å². The van der Waals surface area contributed by atoms with Gasteiger partial charge >= 0.3 is 11.7 Å². The summed E-state index contributed by atoms with van der Waals surface area (Å²) in [4.78, 5) is 34.0. The van der Waals surface area contributed by atoms with E-state index in [4.69, 9.17) is 0 Å². The van der Waals surface area contributed by atoms with Gasteiger partial charge in [0, 0.05) is 22.4 Å². The van der Waals surface area contributed by atoms with Gasteiger partial charge in [-0.15, -0.1) is 0 Å². The number of carbonyl (C=O) groups is 1. The second-order valence-corrected chi connectivity index (χ2v) is 10.9. The Labute approximate surface area is 191 Å². The fourth-order valence-electron chi connectivity index (χ4n) is 3.07. The van der Waals surface area contributed by atoms with Gasteiger partial charge in [0.1, 0.15) is 0 Å². The molecule has 3 unspecified atom stereocenters. The molecule has 0 radical (unpaired) electrons. The Morgan fingerprint density at radius 1 is 1.16 bits per heavy atom. The Kier molecular flexibility index (Phi) is 7.48. The zero-order valence-electron chi connectivity index (χ0n) is 17.0. The summed E-state index contributed by atoms with van der Waals surface area (Å²) >= 11 is 3.37. The molecular weight excluding hydrogens is 505 g/mol. The molecule has 0 aliphatic heterocycles. The average molecular weight is 527 g/mol. The molecule has 0 aliphatic rings. The molecule has 164 valence electrons. The maximum absolute atomic E-state index is 14.8. The molecule has 31 heavy (non-hydrogen) atoms. The molecule has 0 spiro atoms. The van der Waals surface area contributed by atoms with Crippen LogP contribution in [0.4, 0.5) is 4.39 Å². The van der Waals surface area contributed by atoms with E-state index < -0.39 is 19.3 Å². The Morgan fingerprint density at radius 2 is 1.71 bits per heavy atom. The van der Waals surface area contributed by atoms with E-state index in [-0.39, 0.29) is 5.69 Å². The van der Waals surface area contributed by atoms with Crippen molar-refractivity contribution < 1.29 is 18.8 Å². The molecule has 1 aromatic heterocycles. The Balaban J connectivity index is 1.76. The normalized spacial score (nSPS) is 14.1. The van der Waals surface area contributed by atoms with E-state index in [1.54, 1.807) is 64.0 Å². The molecule has 1 heterocycles. The van der Waals surface area contributed by atoms with Gasteiger partial charge in [0.25, 0.3) is 0 Å². The number of aromatic nitrogens is 2. The standard InChI is InChI=1S/C21H22BrFN2O4P2/c1-29-19(26)16-6-3-14(4-7-16)12-24-9-10-25(20(24)27)13-15-5-8-17(18(22)11-15)21(23,30)31(2)28/h3-11,28H,12-13,30H2,1-2H3. The topological polar surface area (TPSA) is 73.5 Å². The smallest absolute Gasteiger partial charge is 0.337 e. The van der Waals surface area contributed by atoms with E-state index >= 15 is 0 Å². The quantitative estimate of drug-likeness (QED) is 0.368. The van der Waals surface area contributed by atoms with Crippen molar-refractivity contribution in [2.45, 2.75) is 18.2 Å². The van der Waals surface area contributed by atoms with Crippen molar-refractivity contribution in [3.63, 3.8) is 0 Å². The van der Waals surface area contributed by atoms with Crippen molar-refractivity contribution in [3.05, 3.63) is 92.1 Å². The minimum atomic E-state index is -1.91. The summed E-state index contributed by atoms with van der Waals surface area (Å²) in [6, 6.07) is 12.0. The van der Waals surface area contributed by atoms with Gasteiger partial charge in [0.05, 0.1) is 33.9 Å². The van der Waals surface area contributed by atoms with Crippen molar-refractivity contribution in [2.75, 3.05) is 13.8 Å². The number of alkyl halides is 1. The van der Waals surface area contributed by atoms with E-state index in [1.165, 1.54) is 13.8 Å². The zero-order chi connectivity index (χ0) is 22.8. The van der Waals surface area contributed by atoms with Crippen LogP contribution < -0.4 is 5.69 Å².